The van der Waals surface area contributed by atoms with Gasteiger partial charge in [0.1, 0.15) is 6.26 Å². The number of amides is 2. The molecule has 110 valence electrons. The van der Waals surface area contributed by atoms with E-state index in [-0.39, 0.29) is 11.8 Å². The van der Waals surface area contributed by atoms with E-state index in [0.29, 0.717) is 44.1 Å². The second-order valence-electron chi connectivity index (χ2n) is 5.62. The molecule has 5 nitrogen and oxygen atoms in total. The monoisotopic (exact) mass is 278 g/mol. The minimum atomic E-state index is -0.0203. The minimum absolute atomic E-state index is 0.0203. The van der Waals surface area contributed by atoms with Gasteiger partial charge in [-0.2, -0.15) is 0 Å². The number of nitrogens with zero attached hydrogens (tertiary/aromatic N) is 2. The van der Waals surface area contributed by atoms with Crippen molar-refractivity contribution in [2.75, 3.05) is 26.2 Å². The maximum atomic E-state index is 12.1. The van der Waals surface area contributed by atoms with Gasteiger partial charge in [-0.05, 0) is 18.4 Å². The molecule has 1 aliphatic rings. The number of rotatable bonds is 4. The first-order chi connectivity index (χ1) is 9.58. The van der Waals surface area contributed by atoms with Gasteiger partial charge in [-0.3, -0.25) is 9.59 Å². The number of carbonyl (C=O) groups excluding carboxylic acids is 2. The molecule has 5 heteroatoms. The van der Waals surface area contributed by atoms with Gasteiger partial charge in [0, 0.05) is 32.6 Å². The molecule has 0 radical (unpaired) electrons. The molecule has 1 saturated heterocycles. The van der Waals surface area contributed by atoms with E-state index in [0.717, 1.165) is 6.42 Å². The smallest absolute Gasteiger partial charge is 0.257 e. The fourth-order valence-electron chi connectivity index (χ4n) is 2.30. The lowest BCUT2D eigenvalue weighted by molar-refractivity contribution is -0.132. The van der Waals surface area contributed by atoms with Crippen LogP contribution in [0.25, 0.3) is 0 Å². The minimum Gasteiger partial charge on any atom is -0.472 e. The molecular formula is C15H22N2O3. The SMILES string of the molecule is CC(C)CCC(=O)N1CCN(C(=O)c2ccoc2)CC1. The Morgan fingerprint density at radius 1 is 1.20 bits per heavy atom. The quantitative estimate of drug-likeness (QED) is 0.846. The van der Waals surface area contributed by atoms with Crippen LogP contribution in [0, 0.1) is 5.92 Å². The zero-order chi connectivity index (χ0) is 14.5. The van der Waals surface area contributed by atoms with Crippen molar-refractivity contribution in [3.8, 4) is 0 Å². The molecule has 0 aromatic carbocycles. The lowest BCUT2D eigenvalue weighted by Gasteiger charge is -2.34. The molecule has 1 aliphatic heterocycles. The summed E-state index contributed by atoms with van der Waals surface area (Å²) in [7, 11) is 0. The van der Waals surface area contributed by atoms with Crippen molar-refractivity contribution < 1.29 is 14.0 Å². The van der Waals surface area contributed by atoms with Crippen LogP contribution >= 0.6 is 0 Å². The van der Waals surface area contributed by atoms with Gasteiger partial charge in [-0.15, -0.1) is 0 Å². The van der Waals surface area contributed by atoms with E-state index < -0.39 is 0 Å². The zero-order valence-electron chi connectivity index (χ0n) is 12.2. The summed E-state index contributed by atoms with van der Waals surface area (Å²) in [6.07, 6.45) is 4.49. The first-order valence-electron chi connectivity index (χ1n) is 7.17. The molecular weight excluding hydrogens is 256 g/mol. The highest BCUT2D eigenvalue weighted by atomic mass is 16.3. The summed E-state index contributed by atoms with van der Waals surface area (Å²) >= 11 is 0. The topological polar surface area (TPSA) is 53.8 Å². The van der Waals surface area contributed by atoms with E-state index in [1.807, 2.05) is 4.90 Å². The first kappa shape index (κ1) is 14.6. The van der Waals surface area contributed by atoms with Gasteiger partial charge in [-0.1, -0.05) is 13.8 Å². The predicted octanol–water partition coefficient (Wildman–Crippen LogP) is 2.00. The van der Waals surface area contributed by atoms with Gasteiger partial charge in [0.15, 0.2) is 0 Å². The third-order valence-corrected chi connectivity index (χ3v) is 3.62. The van der Waals surface area contributed by atoms with Crippen molar-refractivity contribution in [3.05, 3.63) is 24.2 Å². The van der Waals surface area contributed by atoms with Gasteiger partial charge in [0.05, 0.1) is 11.8 Å². The molecule has 0 spiro atoms. The summed E-state index contributed by atoms with van der Waals surface area (Å²) < 4.78 is 4.93. The average molecular weight is 278 g/mol. The van der Waals surface area contributed by atoms with E-state index in [1.54, 1.807) is 11.0 Å². The Kier molecular flexibility index (Phi) is 4.82. The Morgan fingerprint density at radius 2 is 1.85 bits per heavy atom. The molecule has 0 atom stereocenters. The number of carbonyl (C=O) groups is 2. The molecule has 2 amide bonds. The largest absolute Gasteiger partial charge is 0.472 e. The Morgan fingerprint density at radius 3 is 2.40 bits per heavy atom. The third kappa shape index (κ3) is 3.62. The maximum absolute atomic E-state index is 12.1. The maximum Gasteiger partial charge on any atom is 0.257 e. The van der Waals surface area contributed by atoms with Crippen molar-refractivity contribution in [2.45, 2.75) is 26.7 Å². The molecule has 0 unspecified atom stereocenters. The van der Waals surface area contributed by atoms with Gasteiger partial charge in [0.25, 0.3) is 5.91 Å². The molecule has 1 fully saturated rings. The molecule has 1 aromatic rings. The highest BCUT2D eigenvalue weighted by Gasteiger charge is 2.25. The van der Waals surface area contributed by atoms with Crippen LogP contribution in [0.3, 0.4) is 0 Å². The van der Waals surface area contributed by atoms with E-state index in [4.69, 9.17) is 4.42 Å². The van der Waals surface area contributed by atoms with Crippen molar-refractivity contribution in [1.82, 2.24) is 9.80 Å². The molecule has 20 heavy (non-hydrogen) atoms. The highest BCUT2D eigenvalue weighted by molar-refractivity contribution is 5.94. The number of piperazine rings is 1. The zero-order valence-corrected chi connectivity index (χ0v) is 12.2. The second-order valence-corrected chi connectivity index (χ2v) is 5.62. The normalized spacial score (nSPS) is 15.8. The van der Waals surface area contributed by atoms with Crippen molar-refractivity contribution in [2.24, 2.45) is 5.92 Å². The highest BCUT2D eigenvalue weighted by Crippen LogP contribution is 2.12. The number of furan rings is 1. The summed E-state index contributed by atoms with van der Waals surface area (Å²) in [5.74, 6) is 0.727. The van der Waals surface area contributed by atoms with E-state index in [9.17, 15) is 9.59 Å². The van der Waals surface area contributed by atoms with Crippen LogP contribution in [0.15, 0.2) is 23.0 Å². The fraction of sp³-hybridized carbons (Fsp3) is 0.600. The lowest BCUT2D eigenvalue weighted by Crippen LogP contribution is -2.50. The van der Waals surface area contributed by atoms with Gasteiger partial charge < -0.3 is 14.2 Å². The molecule has 0 N–H and O–H groups in total. The molecule has 2 rings (SSSR count). The Labute approximate surface area is 119 Å². The summed E-state index contributed by atoms with van der Waals surface area (Å²) in [6.45, 7) is 6.68. The Balaban J connectivity index is 1.80. The first-order valence-corrected chi connectivity index (χ1v) is 7.17. The van der Waals surface area contributed by atoms with Crippen molar-refractivity contribution >= 4 is 11.8 Å². The lowest BCUT2D eigenvalue weighted by atomic mass is 10.1. The molecule has 0 aliphatic carbocycles. The van der Waals surface area contributed by atoms with Crippen LogP contribution in [-0.2, 0) is 4.79 Å². The van der Waals surface area contributed by atoms with Crippen molar-refractivity contribution in [1.29, 1.82) is 0 Å². The standard InChI is InChI=1S/C15H22N2O3/c1-12(2)3-4-14(18)16-6-8-17(9-7-16)15(19)13-5-10-20-11-13/h5,10-12H,3-4,6-9H2,1-2H3. The number of hydrogen-bond donors (Lipinski definition) is 0. The molecule has 0 bridgehead atoms. The van der Waals surface area contributed by atoms with Gasteiger partial charge >= 0.3 is 0 Å². The molecule has 1 aromatic heterocycles. The number of hydrogen-bond acceptors (Lipinski definition) is 3. The van der Waals surface area contributed by atoms with Gasteiger partial charge in [0.2, 0.25) is 5.91 Å². The van der Waals surface area contributed by atoms with E-state index >= 15 is 0 Å². The Hall–Kier alpha value is -1.78. The summed E-state index contributed by atoms with van der Waals surface area (Å²) in [4.78, 5) is 27.8. The van der Waals surface area contributed by atoms with Crippen LogP contribution in [0.5, 0.6) is 0 Å². The third-order valence-electron chi connectivity index (χ3n) is 3.62. The van der Waals surface area contributed by atoms with Crippen molar-refractivity contribution in [3.63, 3.8) is 0 Å². The predicted molar refractivity (Wildman–Crippen MR) is 75.3 cm³/mol. The molecule has 0 saturated carbocycles. The van der Waals surface area contributed by atoms with Crippen LogP contribution < -0.4 is 0 Å². The van der Waals surface area contributed by atoms with E-state index in [1.165, 1.54) is 12.5 Å². The Bertz CT molecular complexity index is 446. The van der Waals surface area contributed by atoms with Crippen LogP contribution in [0.1, 0.15) is 37.0 Å². The summed E-state index contributed by atoms with van der Waals surface area (Å²) in [5.41, 5.74) is 0.574. The molecule has 2 heterocycles. The average Bonchev–Trinajstić information content (AvgIpc) is 2.98. The summed E-state index contributed by atoms with van der Waals surface area (Å²) in [6, 6.07) is 1.67. The fourth-order valence-corrected chi connectivity index (χ4v) is 2.30. The second kappa shape index (κ2) is 6.59. The van der Waals surface area contributed by atoms with Crippen LogP contribution in [-0.4, -0.2) is 47.8 Å². The van der Waals surface area contributed by atoms with Crippen LogP contribution in [0.2, 0.25) is 0 Å². The van der Waals surface area contributed by atoms with Crippen LogP contribution in [0.4, 0.5) is 0 Å². The van der Waals surface area contributed by atoms with E-state index in [2.05, 4.69) is 13.8 Å². The van der Waals surface area contributed by atoms with Gasteiger partial charge in [-0.25, -0.2) is 0 Å². The summed E-state index contributed by atoms with van der Waals surface area (Å²) in [5, 5.41) is 0.